The molecular weight excluding hydrogens is 314 g/mol. The lowest BCUT2D eigenvalue weighted by atomic mass is 9.74. The SMILES string of the molecule is CCC1(CC)CCN(Cc2ccc(OC)c(Br)c2)CC1. The first-order valence-corrected chi connectivity index (χ1v) is 8.46. The second kappa shape index (κ2) is 6.95. The van der Waals surface area contributed by atoms with E-state index < -0.39 is 0 Å². The van der Waals surface area contributed by atoms with Crippen molar-refractivity contribution in [3.8, 4) is 5.75 Å². The summed E-state index contributed by atoms with van der Waals surface area (Å²) in [5, 5.41) is 0. The van der Waals surface area contributed by atoms with Gasteiger partial charge in [0.2, 0.25) is 0 Å². The number of halogens is 1. The third-order valence-electron chi connectivity index (χ3n) is 5.04. The van der Waals surface area contributed by atoms with Gasteiger partial charge in [0.1, 0.15) is 5.75 Å². The van der Waals surface area contributed by atoms with E-state index in [1.54, 1.807) is 7.11 Å². The van der Waals surface area contributed by atoms with Gasteiger partial charge in [0.15, 0.2) is 0 Å². The van der Waals surface area contributed by atoms with Gasteiger partial charge in [-0.15, -0.1) is 0 Å². The first-order chi connectivity index (χ1) is 9.62. The molecule has 1 aliphatic rings. The Morgan fingerprint density at radius 3 is 2.35 bits per heavy atom. The van der Waals surface area contributed by atoms with Gasteiger partial charge >= 0.3 is 0 Å². The molecule has 0 amide bonds. The zero-order valence-corrected chi connectivity index (χ0v) is 14.5. The van der Waals surface area contributed by atoms with E-state index in [4.69, 9.17) is 4.74 Å². The van der Waals surface area contributed by atoms with Crippen LogP contribution in [0.15, 0.2) is 22.7 Å². The summed E-state index contributed by atoms with van der Waals surface area (Å²) in [5.74, 6) is 0.906. The average molecular weight is 340 g/mol. The monoisotopic (exact) mass is 339 g/mol. The molecule has 1 heterocycles. The van der Waals surface area contributed by atoms with Crippen molar-refractivity contribution in [3.05, 3.63) is 28.2 Å². The zero-order valence-electron chi connectivity index (χ0n) is 12.9. The van der Waals surface area contributed by atoms with Crippen molar-refractivity contribution in [2.75, 3.05) is 20.2 Å². The Labute approximate surface area is 131 Å². The molecule has 2 rings (SSSR count). The van der Waals surface area contributed by atoms with Crippen LogP contribution in [0.1, 0.15) is 45.1 Å². The Morgan fingerprint density at radius 1 is 1.20 bits per heavy atom. The Morgan fingerprint density at radius 2 is 1.85 bits per heavy atom. The number of hydrogen-bond donors (Lipinski definition) is 0. The van der Waals surface area contributed by atoms with Crippen LogP contribution in [0.5, 0.6) is 5.75 Å². The molecule has 0 N–H and O–H groups in total. The van der Waals surface area contributed by atoms with Crippen LogP contribution < -0.4 is 4.74 Å². The highest BCUT2D eigenvalue weighted by Gasteiger charge is 2.30. The molecule has 1 aromatic rings. The Balaban J connectivity index is 1.94. The number of nitrogens with zero attached hydrogens (tertiary/aromatic N) is 1. The summed E-state index contributed by atoms with van der Waals surface area (Å²) in [5.41, 5.74) is 1.97. The maximum Gasteiger partial charge on any atom is 0.133 e. The summed E-state index contributed by atoms with van der Waals surface area (Å²) >= 11 is 3.57. The highest BCUT2D eigenvalue weighted by Crippen LogP contribution is 2.38. The predicted octanol–water partition coefficient (Wildman–Crippen LogP) is 4.86. The molecule has 1 fully saturated rings. The fraction of sp³-hybridized carbons (Fsp3) is 0.647. The highest BCUT2D eigenvalue weighted by molar-refractivity contribution is 9.10. The maximum atomic E-state index is 5.29. The first-order valence-electron chi connectivity index (χ1n) is 7.67. The predicted molar refractivity (Wildman–Crippen MR) is 88.2 cm³/mol. The largest absolute Gasteiger partial charge is 0.496 e. The molecule has 0 aliphatic carbocycles. The van der Waals surface area contributed by atoms with Crippen LogP contribution in [0.2, 0.25) is 0 Å². The molecule has 0 spiro atoms. The van der Waals surface area contributed by atoms with Gasteiger partial charge in [0.05, 0.1) is 11.6 Å². The lowest BCUT2D eigenvalue weighted by Crippen LogP contribution is -2.39. The van der Waals surface area contributed by atoms with Gasteiger partial charge in [-0.2, -0.15) is 0 Å². The van der Waals surface area contributed by atoms with Crippen molar-refractivity contribution in [3.63, 3.8) is 0 Å². The van der Waals surface area contributed by atoms with Crippen LogP contribution in [0, 0.1) is 5.41 Å². The minimum absolute atomic E-state index is 0.608. The molecule has 3 heteroatoms. The fourth-order valence-corrected chi connectivity index (χ4v) is 3.80. The average Bonchev–Trinajstić information content (AvgIpc) is 2.49. The summed E-state index contributed by atoms with van der Waals surface area (Å²) in [6.07, 6.45) is 5.34. The van der Waals surface area contributed by atoms with Gasteiger partial charge in [-0.1, -0.05) is 32.8 Å². The van der Waals surface area contributed by atoms with E-state index in [1.165, 1.54) is 44.3 Å². The quantitative estimate of drug-likeness (QED) is 0.759. The van der Waals surface area contributed by atoms with Gasteiger partial charge in [-0.25, -0.2) is 0 Å². The molecule has 0 saturated carbocycles. The summed E-state index contributed by atoms with van der Waals surface area (Å²) in [6.45, 7) is 8.20. The van der Waals surface area contributed by atoms with Crippen LogP contribution >= 0.6 is 15.9 Å². The molecule has 0 bridgehead atoms. The molecule has 1 aromatic carbocycles. The Bertz CT molecular complexity index is 433. The van der Waals surface area contributed by atoms with Crippen LogP contribution in [-0.4, -0.2) is 25.1 Å². The van der Waals surface area contributed by atoms with Crippen molar-refractivity contribution in [2.45, 2.75) is 46.1 Å². The molecule has 112 valence electrons. The van der Waals surface area contributed by atoms with E-state index >= 15 is 0 Å². The van der Waals surface area contributed by atoms with Crippen molar-refractivity contribution in [1.82, 2.24) is 4.90 Å². The van der Waals surface area contributed by atoms with Gasteiger partial charge in [-0.05, 0) is 65.0 Å². The molecule has 2 nitrogen and oxygen atoms in total. The van der Waals surface area contributed by atoms with E-state index in [2.05, 4.69) is 46.8 Å². The van der Waals surface area contributed by atoms with Crippen molar-refractivity contribution >= 4 is 15.9 Å². The second-order valence-corrected chi connectivity index (χ2v) is 6.81. The summed E-state index contributed by atoms with van der Waals surface area (Å²) in [7, 11) is 1.71. The normalized spacial score (nSPS) is 19.0. The minimum Gasteiger partial charge on any atom is -0.496 e. The van der Waals surface area contributed by atoms with Crippen LogP contribution in [0.3, 0.4) is 0 Å². The van der Waals surface area contributed by atoms with Crippen LogP contribution in [0.25, 0.3) is 0 Å². The van der Waals surface area contributed by atoms with Gasteiger partial charge < -0.3 is 4.74 Å². The van der Waals surface area contributed by atoms with E-state index in [9.17, 15) is 0 Å². The fourth-order valence-electron chi connectivity index (χ4n) is 3.21. The standard InChI is InChI=1S/C17H26BrNO/c1-4-17(5-2)8-10-19(11-9-17)13-14-6-7-16(20-3)15(18)12-14/h6-7,12H,4-5,8-11,13H2,1-3H3. The molecular formula is C17H26BrNO. The third kappa shape index (κ3) is 3.56. The number of ether oxygens (including phenoxy) is 1. The summed E-state index contributed by atoms with van der Waals surface area (Å²) < 4.78 is 6.33. The number of likely N-dealkylation sites (tertiary alicyclic amines) is 1. The summed E-state index contributed by atoms with van der Waals surface area (Å²) in [4.78, 5) is 2.58. The molecule has 20 heavy (non-hydrogen) atoms. The third-order valence-corrected chi connectivity index (χ3v) is 5.66. The van der Waals surface area contributed by atoms with E-state index in [0.29, 0.717) is 5.41 Å². The number of methoxy groups -OCH3 is 1. The molecule has 0 atom stereocenters. The van der Waals surface area contributed by atoms with Crippen molar-refractivity contribution < 1.29 is 4.74 Å². The smallest absolute Gasteiger partial charge is 0.133 e. The molecule has 0 unspecified atom stereocenters. The van der Waals surface area contributed by atoms with E-state index in [1.807, 2.05) is 6.07 Å². The maximum absolute atomic E-state index is 5.29. The highest BCUT2D eigenvalue weighted by atomic mass is 79.9. The molecule has 1 saturated heterocycles. The Hall–Kier alpha value is -0.540. The van der Waals surface area contributed by atoms with E-state index in [0.717, 1.165) is 16.8 Å². The summed E-state index contributed by atoms with van der Waals surface area (Å²) in [6, 6.07) is 6.40. The van der Waals surface area contributed by atoms with Crippen LogP contribution in [0.4, 0.5) is 0 Å². The van der Waals surface area contributed by atoms with Gasteiger partial charge in [0, 0.05) is 6.54 Å². The lowest BCUT2D eigenvalue weighted by molar-refractivity contribution is 0.0909. The minimum atomic E-state index is 0.608. The molecule has 0 aromatic heterocycles. The number of benzene rings is 1. The van der Waals surface area contributed by atoms with Crippen molar-refractivity contribution in [2.24, 2.45) is 5.41 Å². The van der Waals surface area contributed by atoms with Crippen molar-refractivity contribution in [1.29, 1.82) is 0 Å². The van der Waals surface area contributed by atoms with Gasteiger partial charge in [-0.3, -0.25) is 4.90 Å². The lowest BCUT2D eigenvalue weighted by Gasteiger charge is -2.41. The molecule has 0 radical (unpaired) electrons. The second-order valence-electron chi connectivity index (χ2n) is 5.95. The zero-order chi connectivity index (χ0) is 14.6. The van der Waals surface area contributed by atoms with Crippen LogP contribution in [-0.2, 0) is 6.54 Å². The number of piperidine rings is 1. The first kappa shape index (κ1) is 15.8. The van der Waals surface area contributed by atoms with E-state index in [-0.39, 0.29) is 0 Å². The Kier molecular flexibility index (Phi) is 5.50. The number of rotatable bonds is 5. The number of hydrogen-bond acceptors (Lipinski definition) is 2. The molecule has 1 aliphatic heterocycles. The van der Waals surface area contributed by atoms with Gasteiger partial charge in [0.25, 0.3) is 0 Å². The topological polar surface area (TPSA) is 12.5 Å².